The molecule has 1 amide bonds. The molecule has 1 aliphatic carbocycles. The van der Waals surface area contributed by atoms with Crippen LogP contribution in [0.5, 0.6) is 0 Å². The summed E-state index contributed by atoms with van der Waals surface area (Å²) in [5, 5.41) is 17.0. The summed E-state index contributed by atoms with van der Waals surface area (Å²) in [6.45, 7) is 8.04. The van der Waals surface area contributed by atoms with Gasteiger partial charge in [-0.3, -0.25) is 4.79 Å². The molecule has 3 N–H and O–H groups in total. The highest BCUT2D eigenvalue weighted by atomic mass is 32.2. The van der Waals surface area contributed by atoms with Crippen molar-refractivity contribution >= 4 is 29.3 Å². The van der Waals surface area contributed by atoms with E-state index in [0.29, 0.717) is 24.4 Å². The molecule has 35 heavy (non-hydrogen) atoms. The van der Waals surface area contributed by atoms with Gasteiger partial charge in [0.1, 0.15) is 11.6 Å². The van der Waals surface area contributed by atoms with Crippen LogP contribution in [0.15, 0.2) is 68.3 Å². The third-order valence-corrected chi connectivity index (χ3v) is 5.81. The van der Waals surface area contributed by atoms with E-state index < -0.39 is 11.2 Å². The first-order valence-electron chi connectivity index (χ1n) is 11.2. The number of halogens is 1. The van der Waals surface area contributed by atoms with Gasteiger partial charge in [-0.05, 0) is 47.6 Å². The van der Waals surface area contributed by atoms with E-state index in [4.69, 9.17) is 0 Å². The second-order valence-electron chi connectivity index (χ2n) is 9.32. The van der Waals surface area contributed by atoms with Crippen LogP contribution in [0.3, 0.4) is 0 Å². The Balaban J connectivity index is 0.000000784. The number of aliphatic hydroxyl groups is 1. The Bertz CT molecular complexity index is 1100. The van der Waals surface area contributed by atoms with Gasteiger partial charge in [-0.1, -0.05) is 52.0 Å². The van der Waals surface area contributed by atoms with Crippen molar-refractivity contribution in [3.63, 3.8) is 0 Å². The number of hydrogen-bond donors (Lipinski definition) is 3. The number of carbonyl (C=O) groups is 1. The van der Waals surface area contributed by atoms with Crippen LogP contribution in [0.1, 0.15) is 52.1 Å². The molecule has 0 saturated carbocycles. The van der Waals surface area contributed by atoms with E-state index in [9.17, 15) is 18.5 Å². The smallest absolute Gasteiger partial charge is 0.269 e. The molecule has 0 bridgehead atoms. The minimum Gasteiger partial charge on any atom is -0.506 e. The number of nitrogens with one attached hydrogen (secondary N) is 2. The summed E-state index contributed by atoms with van der Waals surface area (Å²) in [6, 6.07) is 6.05. The van der Waals surface area contributed by atoms with Crippen LogP contribution in [0.4, 0.5) is 4.39 Å². The van der Waals surface area contributed by atoms with Gasteiger partial charge in [0, 0.05) is 14.1 Å². The van der Waals surface area contributed by atoms with Gasteiger partial charge >= 0.3 is 0 Å². The summed E-state index contributed by atoms with van der Waals surface area (Å²) in [7, 11) is 3.38. The van der Waals surface area contributed by atoms with E-state index in [1.54, 1.807) is 26.2 Å². The zero-order valence-electron chi connectivity index (χ0n) is 21.0. The molecule has 2 aliphatic rings. The number of hydrogen-bond acceptors (Lipinski definition) is 5. The van der Waals surface area contributed by atoms with Gasteiger partial charge in [0.05, 0.1) is 11.7 Å². The largest absolute Gasteiger partial charge is 0.506 e. The molecular weight excluding hydrogens is 469 g/mol. The van der Waals surface area contributed by atoms with Gasteiger partial charge < -0.3 is 20.6 Å². The SMILES string of the molecule is CCC1=C(O)C(NC2=NS(=O)N=C2NC(c2cccc(F)c2)C(C)(C)C)=CC=CC1.CN(C)C=O. The van der Waals surface area contributed by atoms with Crippen molar-refractivity contribution < 1.29 is 18.5 Å². The fraction of sp³-hybridized carbons (Fsp3) is 0.400. The molecule has 1 aromatic rings. The van der Waals surface area contributed by atoms with Crippen molar-refractivity contribution in [2.75, 3.05) is 14.1 Å². The summed E-state index contributed by atoms with van der Waals surface area (Å²) >= 11 is -1.78. The lowest BCUT2D eigenvalue weighted by atomic mass is 9.82. The average Bonchev–Trinajstić information content (AvgIpc) is 3.04. The number of nitrogens with zero attached hydrogens (tertiary/aromatic N) is 3. The molecule has 2 atom stereocenters. The monoisotopic (exact) mass is 503 g/mol. The van der Waals surface area contributed by atoms with Crippen LogP contribution in [0.2, 0.25) is 0 Å². The van der Waals surface area contributed by atoms with Crippen molar-refractivity contribution in [1.29, 1.82) is 0 Å². The molecule has 0 spiro atoms. The average molecular weight is 504 g/mol. The highest BCUT2D eigenvalue weighted by Crippen LogP contribution is 2.33. The summed E-state index contributed by atoms with van der Waals surface area (Å²) in [5.41, 5.74) is 1.80. The van der Waals surface area contributed by atoms with Crippen LogP contribution in [0, 0.1) is 11.2 Å². The number of aliphatic hydroxyl groups excluding tert-OH is 1. The molecular formula is C25H34FN5O3S. The van der Waals surface area contributed by atoms with Crippen LogP contribution >= 0.6 is 0 Å². The number of carbonyl (C=O) groups excluding carboxylic acids is 1. The van der Waals surface area contributed by atoms with E-state index in [-0.39, 0.29) is 28.9 Å². The fourth-order valence-electron chi connectivity index (χ4n) is 3.34. The Labute approximate surface area is 209 Å². The first kappa shape index (κ1) is 28.0. The molecule has 0 radical (unpaired) electrons. The molecule has 1 aliphatic heterocycles. The maximum atomic E-state index is 13.8. The lowest BCUT2D eigenvalue weighted by Gasteiger charge is -2.32. The van der Waals surface area contributed by atoms with Crippen molar-refractivity contribution in [2.45, 2.75) is 46.6 Å². The Morgan fingerprint density at radius 3 is 2.49 bits per heavy atom. The topological polar surface area (TPSA) is 106 Å². The summed E-state index contributed by atoms with van der Waals surface area (Å²) in [5.74, 6) is 0.393. The molecule has 190 valence electrons. The van der Waals surface area contributed by atoms with Crippen LogP contribution in [-0.4, -0.2) is 46.4 Å². The molecule has 0 fully saturated rings. The third-order valence-electron chi connectivity index (χ3n) is 5.14. The Morgan fingerprint density at radius 2 is 1.91 bits per heavy atom. The summed E-state index contributed by atoms with van der Waals surface area (Å²) < 4.78 is 34.1. The number of amidine groups is 2. The maximum Gasteiger partial charge on any atom is 0.269 e. The minimum atomic E-state index is -1.78. The van der Waals surface area contributed by atoms with Crippen LogP contribution < -0.4 is 10.6 Å². The van der Waals surface area contributed by atoms with E-state index in [1.165, 1.54) is 17.0 Å². The zero-order valence-corrected chi connectivity index (χ0v) is 21.8. The third kappa shape index (κ3) is 8.17. The summed E-state index contributed by atoms with van der Waals surface area (Å²) in [4.78, 5) is 10.9. The Kier molecular flexibility index (Phi) is 9.94. The van der Waals surface area contributed by atoms with Gasteiger partial charge in [-0.15, -0.1) is 8.80 Å². The predicted octanol–water partition coefficient (Wildman–Crippen LogP) is 4.25. The van der Waals surface area contributed by atoms with Crippen LogP contribution in [0.25, 0.3) is 0 Å². The highest BCUT2D eigenvalue weighted by Gasteiger charge is 2.31. The Morgan fingerprint density at radius 1 is 1.26 bits per heavy atom. The number of rotatable bonds is 5. The van der Waals surface area contributed by atoms with Gasteiger partial charge in [-0.2, -0.15) is 0 Å². The van der Waals surface area contributed by atoms with Gasteiger partial charge in [0.15, 0.2) is 11.7 Å². The minimum absolute atomic E-state index is 0.153. The summed E-state index contributed by atoms with van der Waals surface area (Å²) in [6.07, 6.45) is 7.67. The molecule has 2 unspecified atom stereocenters. The van der Waals surface area contributed by atoms with Gasteiger partial charge in [0.25, 0.3) is 11.2 Å². The molecule has 10 heteroatoms. The molecule has 0 aromatic heterocycles. The van der Waals surface area contributed by atoms with E-state index in [0.717, 1.165) is 17.5 Å². The van der Waals surface area contributed by atoms with Gasteiger partial charge in [0.2, 0.25) is 6.41 Å². The molecule has 3 rings (SSSR count). The molecule has 0 saturated heterocycles. The standard InChI is InChI=1S/C22H27FN4O2S.C3H7NO/c1-5-14-9-6-7-12-17(18(14)28)24-20-21(27-30(29)26-20)25-19(22(2,3)4)15-10-8-11-16(23)13-15;1-4(2)3-5/h6-8,10-13,19,28H,5,9H2,1-4H3,(H,24,26)(H,25,27);3H,1-2H3. The molecule has 1 heterocycles. The molecule has 1 aromatic carbocycles. The second-order valence-corrected chi connectivity index (χ2v) is 10.1. The normalized spacial score (nSPS) is 18.4. The van der Waals surface area contributed by atoms with E-state index in [2.05, 4.69) is 19.4 Å². The Hall–Kier alpha value is -3.27. The number of allylic oxidation sites excluding steroid dienone is 4. The second kappa shape index (κ2) is 12.4. The number of amides is 1. The van der Waals surface area contributed by atoms with E-state index in [1.807, 2.05) is 45.9 Å². The first-order chi connectivity index (χ1) is 16.5. The first-order valence-corrected chi connectivity index (χ1v) is 12.3. The van der Waals surface area contributed by atoms with Gasteiger partial charge in [-0.25, -0.2) is 8.60 Å². The lowest BCUT2D eigenvalue weighted by molar-refractivity contribution is -0.115. The zero-order chi connectivity index (χ0) is 26.2. The fourth-order valence-corrected chi connectivity index (χ4v) is 3.97. The van der Waals surface area contributed by atoms with Crippen LogP contribution in [-0.2, 0) is 16.0 Å². The van der Waals surface area contributed by atoms with Crippen molar-refractivity contribution in [2.24, 2.45) is 14.2 Å². The van der Waals surface area contributed by atoms with E-state index >= 15 is 0 Å². The molecule has 8 nitrogen and oxygen atoms in total. The lowest BCUT2D eigenvalue weighted by Crippen LogP contribution is -2.43. The van der Waals surface area contributed by atoms with Crippen molar-refractivity contribution in [1.82, 2.24) is 15.5 Å². The quantitative estimate of drug-likeness (QED) is 0.521. The number of benzene rings is 1. The predicted molar refractivity (Wildman–Crippen MR) is 139 cm³/mol. The maximum absolute atomic E-state index is 13.8. The van der Waals surface area contributed by atoms with Crippen molar-refractivity contribution in [3.05, 3.63) is 70.9 Å². The van der Waals surface area contributed by atoms with Crippen molar-refractivity contribution in [3.8, 4) is 0 Å². The highest BCUT2D eigenvalue weighted by molar-refractivity contribution is 7.83.